The number of nitrogens with zero attached hydrogens (tertiary/aromatic N) is 1. The summed E-state index contributed by atoms with van der Waals surface area (Å²) in [5.41, 5.74) is 0.296. The van der Waals surface area contributed by atoms with Crippen molar-refractivity contribution in [2.45, 2.75) is 13.0 Å². The van der Waals surface area contributed by atoms with Gasteiger partial charge in [0, 0.05) is 23.4 Å². The molecule has 10 heteroatoms. The summed E-state index contributed by atoms with van der Waals surface area (Å²) in [6.07, 6.45) is 0. The number of carbonyl (C=O) groups excluding carboxylic acids is 2. The summed E-state index contributed by atoms with van der Waals surface area (Å²) in [5.74, 6) is -0.142. The van der Waals surface area contributed by atoms with Crippen LogP contribution in [-0.4, -0.2) is 44.1 Å². The molecular formula is C19H21N3O7. The predicted octanol–water partition coefficient (Wildman–Crippen LogP) is 2.38. The second-order valence-electron chi connectivity index (χ2n) is 5.91. The van der Waals surface area contributed by atoms with Gasteiger partial charge in [0.05, 0.1) is 26.3 Å². The Bertz CT molecular complexity index is 905. The van der Waals surface area contributed by atoms with Gasteiger partial charge >= 0.3 is 0 Å². The molecule has 0 fully saturated rings. The first kappa shape index (κ1) is 21.5. The van der Waals surface area contributed by atoms with Crippen molar-refractivity contribution in [3.05, 3.63) is 52.1 Å². The molecule has 1 atom stereocenters. The van der Waals surface area contributed by atoms with Gasteiger partial charge in [0.1, 0.15) is 6.04 Å². The van der Waals surface area contributed by atoms with Crippen molar-refractivity contribution in [3.8, 4) is 17.2 Å². The highest BCUT2D eigenvalue weighted by Crippen LogP contribution is 2.38. The zero-order valence-electron chi connectivity index (χ0n) is 16.3. The van der Waals surface area contributed by atoms with Crippen LogP contribution in [0.4, 0.5) is 11.4 Å². The lowest BCUT2D eigenvalue weighted by Gasteiger charge is -2.16. The molecule has 0 aliphatic carbocycles. The number of anilines is 1. The maximum absolute atomic E-state index is 12.6. The van der Waals surface area contributed by atoms with E-state index in [4.69, 9.17) is 14.2 Å². The van der Waals surface area contributed by atoms with E-state index in [0.717, 1.165) is 0 Å². The van der Waals surface area contributed by atoms with Crippen molar-refractivity contribution in [2.24, 2.45) is 0 Å². The zero-order valence-corrected chi connectivity index (χ0v) is 16.3. The van der Waals surface area contributed by atoms with Gasteiger partial charge in [-0.2, -0.15) is 0 Å². The standard InChI is InChI=1S/C19H21N3O7/c1-11(18(23)21-13-6-5-7-14(10-13)22(25)26)20-19(24)12-8-15(27-2)17(29-4)16(9-12)28-3/h5-11H,1-4H3,(H,20,24)(H,21,23)/t11-/m0/s1. The second-order valence-corrected chi connectivity index (χ2v) is 5.91. The van der Waals surface area contributed by atoms with Crippen LogP contribution in [-0.2, 0) is 4.79 Å². The minimum absolute atomic E-state index is 0.156. The molecule has 2 rings (SSSR count). The Morgan fingerprint density at radius 1 is 1.03 bits per heavy atom. The van der Waals surface area contributed by atoms with Gasteiger partial charge in [-0.1, -0.05) is 6.07 Å². The smallest absolute Gasteiger partial charge is 0.271 e. The third-order valence-electron chi connectivity index (χ3n) is 3.99. The molecular weight excluding hydrogens is 382 g/mol. The fraction of sp³-hybridized carbons (Fsp3) is 0.263. The van der Waals surface area contributed by atoms with Crippen molar-refractivity contribution >= 4 is 23.2 Å². The summed E-state index contributed by atoms with van der Waals surface area (Å²) in [6.45, 7) is 1.49. The average molecular weight is 403 g/mol. The number of ether oxygens (including phenoxy) is 3. The van der Waals surface area contributed by atoms with Gasteiger partial charge in [-0.05, 0) is 25.1 Å². The number of benzene rings is 2. The normalized spacial score (nSPS) is 11.2. The Balaban J connectivity index is 2.13. The van der Waals surface area contributed by atoms with Crippen LogP contribution in [0.5, 0.6) is 17.2 Å². The molecule has 0 aliphatic rings. The van der Waals surface area contributed by atoms with E-state index in [1.165, 1.54) is 64.7 Å². The van der Waals surface area contributed by atoms with Gasteiger partial charge in [-0.3, -0.25) is 19.7 Å². The summed E-state index contributed by atoms with van der Waals surface area (Å²) in [7, 11) is 4.29. The van der Waals surface area contributed by atoms with Crippen molar-refractivity contribution in [1.29, 1.82) is 0 Å². The number of non-ortho nitro benzene ring substituents is 1. The fourth-order valence-corrected chi connectivity index (χ4v) is 2.51. The second kappa shape index (κ2) is 9.40. The largest absolute Gasteiger partial charge is 0.493 e. The topological polar surface area (TPSA) is 129 Å². The van der Waals surface area contributed by atoms with Crippen LogP contribution in [0.15, 0.2) is 36.4 Å². The summed E-state index contributed by atoms with van der Waals surface area (Å²) >= 11 is 0. The average Bonchev–Trinajstić information content (AvgIpc) is 2.72. The van der Waals surface area contributed by atoms with Crippen LogP contribution in [0.25, 0.3) is 0 Å². The Morgan fingerprint density at radius 3 is 2.17 bits per heavy atom. The first-order valence-corrected chi connectivity index (χ1v) is 8.46. The molecule has 0 saturated carbocycles. The molecule has 2 aromatic carbocycles. The van der Waals surface area contributed by atoms with Crippen LogP contribution < -0.4 is 24.8 Å². The lowest BCUT2D eigenvalue weighted by molar-refractivity contribution is -0.384. The minimum Gasteiger partial charge on any atom is -0.493 e. The van der Waals surface area contributed by atoms with Crippen molar-refractivity contribution < 1.29 is 28.7 Å². The molecule has 0 saturated heterocycles. The molecule has 2 amide bonds. The fourth-order valence-electron chi connectivity index (χ4n) is 2.51. The number of nitro groups is 1. The van der Waals surface area contributed by atoms with Gasteiger partial charge < -0.3 is 24.8 Å². The van der Waals surface area contributed by atoms with E-state index >= 15 is 0 Å². The highest BCUT2D eigenvalue weighted by Gasteiger charge is 2.21. The number of methoxy groups -OCH3 is 3. The number of hydrogen-bond donors (Lipinski definition) is 2. The maximum Gasteiger partial charge on any atom is 0.271 e. The van der Waals surface area contributed by atoms with E-state index in [1.807, 2.05) is 0 Å². The molecule has 0 bridgehead atoms. The van der Waals surface area contributed by atoms with Gasteiger partial charge in [-0.15, -0.1) is 0 Å². The predicted molar refractivity (Wildman–Crippen MR) is 105 cm³/mol. The zero-order chi connectivity index (χ0) is 21.6. The Morgan fingerprint density at radius 2 is 1.66 bits per heavy atom. The molecule has 2 N–H and O–H groups in total. The van der Waals surface area contributed by atoms with E-state index in [2.05, 4.69) is 10.6 Å². The Kier molecular flexibility index (Phi) is 6.96. The molecule has 154 valence electrons. The lowest BCUT2D eigenvalue weighted by atomic mass is 10.1. The molecule has 10 nitrogen and oxygen atoms in total. The molecule has 2 aromatic rings. The SMILES string of the molecule is COc1cc(C(=O)N[C@@H](C)C(=O)Nc2cccc([N+](=O)[O-])c2)cc(OC)c1OC. The summed E-state index contributed by atoms with van der Waals surface area (Å²) in [4.78, 5) is 35.2. The van der Waals surface area contributed by atoms with Crippen molar-refractivity contribution in [1.82, 2.24) is 5.32 Å². The van der Waals surface area contributed by atoms with Gasteiger partial charge in [0.25, 0.3) is 11.6 Å². The lowest BCUT2D eigenvalue weighted by Crippen LogP contribution is -2.41. The number of nitro benzene ring substituents is 1. The number of nitrogens with one attached hydrogen (secondary N) is 2. The van der Waals surface area contributed by atoms with Crippen LogP contribution in [0, 0.1) is 10.1 Å². The summed E-state index contributed by atoms with van der Waals surface area (Å²) < 4.78 is 15.6. The number of hydrogen-bond acceptors (Lipinski definition) is 7. The number of rotatable bonds is 8. The van der Waals surface area contributed by atoms with Crippen LogP contribution >= 0.6 is 0 Å². The van der Waals surface area contributed by atoms with E-state index < -0.39 is 22.8 Å². The number of carbonyl (C=O) groups is 2. The maximum atomic E-state index is 12.6. The van der Waals surface area contributed by atoms with Gasteiger partial charge in [0.15, 0.2) is 11.5 Å². The highest BCUT2D eigenvalue weighted by molar-refractivity contribution is 6.01. The van der Waals surface area contributed by atoms with Gasteiger partial charge in [-0.25, -0.2) is 0 Å². The van der Waals surface area contributed by atoms with Crippen molar-refractivity contribution in [2.75, 3.05) is 26.6 Å². The Labute approximate surface area is 166 Å². The van der Waals surface area contributed by atoms with E-state index in [0.29, 0.717) is 17.2 Å². The molecule has 0 aromatic heterocycles. The minimum atomic E-state index is -0.916. The number of amides is 2. The highest BCUT2D eigenvalue weighted by atomic mass is 16.6. The quantitative estimate of drug-likeness (QED) is 0.511. The third kappa shape index (κ3) is 5.12. The van der Waals surface area contributed by atoms with E-state index in [1.54, 1.807) is 0 Å². The first-order chi connectivity index (χ1) is 13.8. The Hall–Kier alpha value is -3.82. The van der Waals surface area contributed by atoms with Crippen molar-refractivity contribution in [3.63, 3.8) is 0 Å². The third-order valence-corrected chi connectivity index (χ3v) is 3.99. The molecule has 29 heavy (non-hydrogen) atoms. The molecule has 0 radical (unpaired) electrons. The summed E-state index contributed by atoms with van der Waals surface area (Å²) in [6, 6.07) is 7.51. The molecule has 0 aliphatic heterocycles. The van der Waals surface area contributed by atoms with Crippen LogP contribution in [0.3, 0.4) is 0 Å². The molecule has 0 heterocycles. The van der Waals surface area contributed by atoms with E-state index in [-0.39, 0.29) is 16.9 Å². The van der Waals surface area contributed by atoms with Gasteiger partial charge in [0.2, 0.25) is 11.7 Å². The van der Waals surface area contributed by atoms with Crippen LogP contribution in [0.1, 0.15) is 17.3 Å². The van der Waals surface area contributed by atoms with E-state index in [9.17, 15) is 19.7 Å². The van der Waals surface area contributed by atoms with Crippen LogP contribution in [0.2, 0.25) is 0 Å². The monoisotopic (exact) mass is 403 g/mol. The first-order valence-electron chi connectivity index (χ1n) is 8.46. The summed E-state index contributed by atoms with van der Waals surface area (Å²) in [5, 5.41) is 15.9. The molecule has 0 spiro atoms. The molecule has 0 unspecified atom stereocenters.